The highest BCUT2D eigenvalue weighted by Crippen LogP contribution is 2.17. The summed E-state index contributed by atoms with van der Waals surface area (Å²) in [5.41, 5.74) is 3.49. The van der Waals surface area contributed by atoms with E-state index in [1.165, 1.54) is 9.08 Å². The number of aryl methyl sites for hydroxylation is 5. The topological polar surface area (TPSA) is 128 Å². The van der Waals surface area contributed by atoms with Crippen LogP contribution in [0.1, 0.15) is 22.9 Å². The monoisotopic (exact) mass is 445 g/mol. The Hall–Kier alpha value is -4.28. The summed E-state index contributed by atoms with van der Waals surface area (Å²) in [5.74, 6) is 0.583. The van der Waals surface area contributed by atoms with Crippen LogP contribution >= 0.6 is 0 Å². The van der Waals surface area contributed by atoms with Crippen molar-refractivity contribution in [3.8, 4) is 0 Å². The molecule has 11 nitrogen and oxygen atoms in total. The summed E-state index contributed by atoms with van der Waals surface area (Å²) in [5, 5.41) is 19.1. The number of H-pyrrole nitrogens is 1. The molecule has 1 aromatic carbocycles. The summed E-state index contributed by atoms with van der Waals surface area (Å²) in [6.45, 7) is 6.21. The molecule has 11 heteroatoms. The smallest absolute Gasteiger partial charge is 0.308 e. The van der Waals surface area contributed by atoms with Crippen LogP contribution in [0.25, 0.3) is 16.6 Å². The minimum Gasteiger partial charge on any atom is -0.308 e. The average Bonchev–Trinajstić information content (AvgIpc) is 3.48. The number of carbonyl (C=O) groups is 1. The number of nitrogens with zero attached hydrogens (tertiary/aromatic N) is 7. The van der Waals surface area contributed by atoms with Crippen LogP contribution < -0.4 is 11.0 Å². The molecule has 33 heavy (non-hydrogen) atoms. The van der Waals surface area contributed by atoms with E-state index in [2.05, 4.69) is 30.7 Å². The Bertz CT molecular complexity index is 1550. The first-order valence-corrected chi connectivity index (χ1v) is 10.6. The molecule has 0 aliphatic heterocycles. The van der Waals surface area contributed by atoms with Crippen LogP contribution in [0.15, 0.2) is 41.2 Å². The Balaban J connectivity index is 1.50. The number of hydrogen-bond acceptors (Lipinski definition) is 6. The Morgan fingerprint density at radius 2 is 1.94 bits per heavy atom. The second kappa shape index (κ2) is 8.01. The summed E-state index contributed by atoms with van der Waals surface area (Å²) in [6, 6.07) is 11.1. The van der Waals surface area contributed by atoms with Gasteiger partial charge in [0.2, 0.25) is 5.91 Å². The molecule has 5 aromatic rings. The molecule has 1 amide bonds. The van der Waals surface area contributed by atoms with Crippen molar-refractivity contribution in [2.75, 3.05) is 5.32 Å². The Kier molecular flexibility index (Phi) is 5.00. The summed E-state index contributed by atoms with van der Waals surface area (Å²) in [7, 11) is 0. The summed E-state index contributed by atoms with van der Waals surface area (Å²) in [6.07, 6.45) is 0.524. The minimum absolute atomic E-state index is 0.178. The molecule has 0 fully saturated rings. The molecule has 0 spiro atoms. The fourth-order valence-corrected chi connectivity index (χ4v) is 3.95. The van der Waals surface area contributed by atoms with Crippen LogP contribution in [0.5, 0.6) is 0 Å². The van der Waals surface area contributed by atoms with Gasteiger partial charge in [-0.1, -0.05) is 12.1 Å². The lowest BCUT2D eigenvalue weighted by Crippen LogP contribution is -2.32. The molecule has 2 N–H and O–H groups in total. The number of nitrogens with one attached hydrogen (secondary N) is 2. The third-order valence-electron chi connectivity index (χ3n) is 5.42. The van der Waals surface area contributed by atoms with E-state index < -0.39 is 5.69 Å². The van der Waals surface area contributed by atoms with Gasteiger partial charge < -0.3 is 5.32 Å². The van der Waals surface area contributed by atoms with Crippen LogP contribution in [0.4, 0.5) is 5.82 Å². The number of amides is 1. The van der Waals surface area contributed by atoms with E-state index in [9.17, 15) is 9.59 Å². The highest BCUT2D eigenvalue weighted by Gasteiger charge is 2.17. The summed E-state index contributed by atoms with van der Waals surface area (Å²) >= 11 is 0. The number of hydrogen-bond donors (Lipinski definition) is 2. The quantitative estimate of drug-likeness (QED) is 0.410. The van der Waals surface area contributed by atoms with Crippen molar-refractivity contribution in [2.45, 2.75) is 40.3 Å². The van der Waals surface area contributed by atoms with Crippen molar-refractivity contribution in [1.29, 1.82) is 0 Å². The number of carbonyl (C=O) groups excluding carboxylic acids is 1. The van der Waals surface area contributed by atoms with Crippen LogP contribution in [-0.2, 0) is 24.3 Å². The van der Waals surface area contributed by atoms with Gasteiger partial charge in [0.1, 0.15) is 6.54 Å². The largest absolute Gasteiger partial charge is 0.351 e. The second-order valence-corrected chi connectivity index (χ2v) is 8.03. The molecule has 0 saturated heterocycles. The van der Waals surface area contributed by atoms with Crippen LogP contribution in [0, 0.1) is 20.8 Å². The molecule has 4 heterocycles. The fourth-order valence-electron chi connectivity index (χ4n) is 3.95. The van der Waals surface area contributed by atoms with E-state index in [0.29, 0.717) is 35.8 Å². The van der Waals surface area contributed by atoms with Crippen molar-refractivity contribution in [3.63, 3.8) is 0 Å². The van der Waals surface area contributed by atoms with Crippen molar-refractivity contribution >= 4 is 28.3 Å². The Labute approximate surface area is 188 Å². The van der Waals surface area contributed by atoms with Gasteiger partial charge in [0.15, 0.2) is 17.3 Å². The third-order valence-corrected chi connectivity index (χ3v) is 5.42. The molecular weight excluding hydrogens is 422 g/mol. The first kappa shape index (κ1) is 20.6. The van der Waals surface area contributed by atoms with Gasteiger partial charge in [0.25, 0.3) is 0 Å². The van der Waals surface area contributed by atoms with Gasteiger partial charge in [-0.25, -0.2) is 9.78 Å². The standard InChI is InChI=1S/C22H23N9O2/c1-13-11-19(26-25-13)23-20(32)12-29-17-7-5-4-6-16(17)21-24-18(28-31(21)22(29)33)8-9-30-15(3)10-14(2)27-30/h4-7,10-11H,8-9,12H2,1-3H3,(H2,23,25,26,32). The van der Waals surface area contributed by atoms with Gasteiger partial charge in [-0.15, -0.1) is 5.10 Å². The highest BCUT2D eigenvalue weighted by atomic mass is 16.2. The van der Waals surface area contributed by atoms with Gasteiger partial charge >= 0.3 is 5.69 Å². The summed E-state index contributed by atoms with van der Waals surface area (Å²) < 4.78 is 4.57. The number of benzene rings is 1. The SMILES string of the molecule is Cc1cc(C)n(CCc2nc3c4ccccc4n(CC(=O)Nc4cc(C)[nH]n4)c(=O)n3n2)n1. The molecular formula is C22H23N9O2. The summed E-state index contributed by atoms with van der Waals surface area (Å²) in [4.78, 5) is 30.6. The first-order chi connectivity index (χ1) is 15.9. The maximum absolute atomic E-state index is 13.3. The van der Waals surface area contributed by atoms with E-state index >= 15 is 0 Å². The predicted molar refractivity (Wildman–Crippen MR) is 122 cm³/mol. The average molecular weight is 445 g/mol. The number of anilines is 1. The normalized spacial score (nSPS) is 11.5. The minimum atomic E-state index is -0.429. The third kappa shape index (κ3) is 3.88. The molecule has 5 rings (SSSR count). The van der Waals surface area contributed by atoms with Gasteiger partial charge in [0.05, 0.1) is 11.2 Å². The van der Waals surface area contributed by atoms with E-state index in [1.807, 2.05) is 49.7 Å². The molecule has 0 aliphatic rings. The van der Waals surface area contributed by atoms with Crippen molar-refractivity contribution in [3.05, 3.63) is 69.8 Å². The number of fused-ring (bicyclic) bond motifs is 3. The molecule has 4 aromatic heterocycles. The lowest BCUT2D eigenvalue weighted by atomic mass is 10.2. The zero-order valence-corrected chi connectivity index (χ0v) is 18.5. The van der Waals surface area contributed by atoms with Gasteiger partial charge in [-0.05, 0) is 39.0 Å². The van der Waals surface area contributed by atoms with Crippen LogP contribution in [0.2, 0.25) is 0 Å². The number of aromatic amines is 1. The molecule has 0 unspecified atom stereocenters. The fraction of sp³-hybridized carbons (Fsp3) is 0.273. The van der Waals surface area contributed by atoms with Crippen molar-refractivity contribution < 1.29 is 4.79 Å². The molecule has 0 saturated carbocycles. The van der Waals surface area contributed by atoms with Crippen LogP contribution in [0.3, 0.4) is 0 Å². The predicted octanol–water partition coefficient (Wildman–Crippen LogP) is 1.77. The zero-order chi connectivity index (χ0) is 23.1. The highest BCUT2D eigenvalue weighted by molar-refractivity contribution is 5.94. The van der Waals surface area contributed by atoms with Crippen LogP contribution in [-0.4, -0.2) is 45.1 Å². The molecule has 0 atom stereocenters. The van der Waals surface area contributed by atoms with E-state index in [4.69, 9.17) is 0 Å². The van der Waals surface area contributed by atoms with Gasteiger partial charge in [0, 0.05) is 35.8 Å². The Morgan fingerprint density at radius 1 is 1.12 bits per heavy atom. The zero-order valence-electron chi connectivity index (χ0n) is 18.5. The van der Waals surface area contributed by atoms with Crippen molar-refractivity contribution in [1.82, 2.24) is 39.1 Å². The second-order valence-electron chi connectivity index (χ2n) is 8.03. The van der Waals surface area contributed by atoms with E-state index in [1.54, 1.807) is 12.1 Å². The molecule has 168 valence electrons. The first-order valence-electron chi connectivity index (χ1n) is 10.6. The maximum atomic E-state index is 13.3. The lowest BCUT2D eigenvalue weighted by Gasteiger charge is -2.10. The molecule has 0 bridgehead atoms. The molecule has 0 aliphatic carbocycles. The number of rotatable bonds is 6. The van der Waals surface area contributed by atoms with Crippen molar-refractivity contribution in [2.24, 2.45) is 0 Å². The van der Waals surface area contributed by atoms with Gasteiger partial charge in [-0.3, -0.25) is 19.1 Å². The lowest BCUT2D eigenvalue weighted by molar-refractivity contribution is -0.116. The van der Waals surface area contributed by atoms with Gasteiger partial charge in [-0.2, -0.15) is 14.7 Å². The maximum Gasteiger partial charge on any atom is 0.351 e. The number of aromatic nitrogens is 8. The Morgan fingerprint density at radius 3 is 2.67 bits per heavy atom. The molecule has 0 radical (unpaired) electrons. The van der Waals surface area contributed by atoms with E-state index in [0.717, 1.165) is 22.5 Å². The number of para-hydroxylation sites is 1. The van der Waals surface area contributed by atoms with E-state index in [-0.39, 0.29) is 12.5 Å².